The van der Waals surface area contributed by atoms with Crippen molar-refractivity contribution in [2.45, 2.75) is 18.6 Å². The summed E-state index contributed by atoms with van der Waals surface area (Å²) < 4.78 is 11.7. The summed E-state index contributed by atoms with van der Waals surface area (Å²) >= 11 is 5.70. The Morgan fingerprint density at radius 3 is 2.42 bits per heavy atom. The summed E-state index contributed by atoms with van der Waals surface area (Å²) in [5.41, 5.74) is 0.523. The van der Waals surface area contributed by atoms with Crippen molar-refractivity contribution in [1.29, 1.82) is 0 Å². The number of amides is 1. The lowest BCUT2D eigenvalue weighted by atomic mass is 10.3. The highest BCUT2D eigenvalue weighted by atomic mass is 35.5. The van der Waals surface area contributed by atoms with Crippen LogP contribution in [0.15, 0.2) is 24.3 Å². The lowest BCUT2D eigenvalue weighted by molar-refractivity contribution is -0.136. The highest BCUT2D eigenvalue weighted by Crippen LogP contribution is 2.13. The normalized spacial score (nSPS) is 13.6. The zero-order valence-corrected chi connectivity index (χ0v) is 11.8. The summed E-state index contributed by atoms with van der Waals surface area (Å²) in [6.45, 7) is 1.62. The number of carbonyl (C=O) groups excluding carboxylic acids is 1. The number of carboxylic acid groups (broad SMARTS) is 1. The average molecular weight is 304 g/mol. The van der Waals surface area contributed by atoms with E-state index in [9.17, 15) is 13.8 Å². The topological polar surface area (TPSA) is 83.5 Å². The molecule has 0 aliphatic rings. The van der Waals surface area contributed by atoms with E-state index in [1.165, 1.54) is 0 Å². The van der Waals surface area contributed by atoms with Gasteiger partial charge in [0.1, 0.15) is 11.0 Å². The Bertz CT molecular complexity index is 489. The van der Waals surface area contributed by atoms with Gasteiger partial charge in [-0.15, -0.1) is 0 Å². The predicted octanol–water partition coefficient (Wildman–Crippen LogP) is 1.89. The zero-order valence-electron chi connectivity index (χ0n) is 10.3. The SMILES string of the molecule is CCC(C(=O)O)S(=O)CC(=O)Nc1ccc(Cl)cc1. The van der Waals surface area contributed by atoms with Crippen molar-refractivity contribution in [3.63, 3.8) is 0 Å². The molecule has 2 N–H and O–H groups in total. The lowest BCUT2D eigenvalue weighted by Crippen LogP contribution is -2.31. The summed E-state index contributed by atoms with van der Waals surface area (Å²) in [4.78, 5) is 22.4. The van der Waals surface area contributed by atoms with Crippen LogP contribution < -0.4 is 5.32 Å². The van der Waals surface area contributed by atoms with Gasteiger partial charge in [-0.05, 0) is 30.7 Å². The van der Waals surface area contributed by atoms with Gasteiger partial charge >= 0.3 is 5.97 Å². The van der Waals surface area contributed by atoms with Crippen molar-refractivity contribution < 1.29 is 18.9 Å². The van der Waals surface area contributed by atoms with Gasteiger partial charge in [0.05, 0.1) is 0 Å². The molecule has 0 aliphatic heterocycles. The van der Waals surface area contributed by atoms with Crippen molar-refractivity contribution in [2.24, 2.45) is 0 Å². The first-order valence-corrected chi connectivity index (χ1v) is 7.35. The van der Waals surface area contributed by atoms with Crippen molar-refractivity contribution in [1.82, 2.24) is 0 Å². The second-order valence-electron chi connectivity index (χ2n) is 3.82. The molecule has 0 saturated carbocycles. The minimum absolute atomic E-state index is 0.218. The van der Waals surface area contributed by atoms with Crippen LogP contribution in [0.3, 0.4) is 0 Å². The van der Waals surface area contributed by atoms with Crippen molar-refractivity contribution in [3.05, 3.63) is 29.3 Å². The minimum Gasteiger partial charge on any atom is -0.480 e. The van der Waals surface area contributed by atoms with Crippen LogP contribution in [0, 0.1) is 0 Å². The van der Waals surface area contributed by atoms with E-state index in [1.807, 2.05) is 0 Å². The third-order valence-electron chi connectivity index (χ3n) is 2.36. The summed E-state index contributed by atoms with van der Waals surface area (Å²) in [6.07, 6.45) is 0.218. The largest absolute Gasteiger partial charge is 0.480 e. The molecule has 19 heavy (non-hydrogen) atoms. The van der Waals surface area contributed by atoms with Crippen LogP contribution in [-0.4, -0.2) is 32.2 Å². The molecular formula is C12H14ClNO4S. The second kappa shape index (κ2) is 7.25. The van der Waals surface area contributed by atoms with Crippen LogP contribution in [-0.2, 0) is 20.4 Å². The Kier molecular flexibility index (Phi) is 5.98. The van der Waals surface area contributed by atoms with Gasteiger partial charge in [0.2, 0.25) is 5.91 Å². The van der Waals surface area contributed by atoms with E-state index in [0.717, 1.165) is 0 Å². The molecule has 1 aromatic rings. The van der Waals surface area contributed by atoms with Crippen LogP contribution in [0.4, 0.5) is 5.69 Å². The maximum Gasteiger partial charge on any atom is 0.319 e. The molecule has 0 heterocycles. The first-order chi connectivity index (χ1) is 8.93. The summed E-state index contributed by atoms with van der Waals surface area (Å²) in [6, 6.07) is 6.44. The van der Waals surface area contributed by atoms with Gasteiger partial charge in [-0.3, -0.25) is 13.8 Å². The number of anilines is 1. The first-order valence-electron chi connectivity index (χ1n) is 5.59. The van der Waals surface area contributed by atoms with E-state index < -0.39 is 27.9 Å². The molecule has 0 spiro atoms. The summed E-state index contributed by atoms with van der Waals surface area (Å²) in [5, 5.41) is 10.9. The standard InChI is InChI=1S/C12H14ClNO4S/c1-2-10(12(16)17)19(18)7-11(15)14-9-5-3-8(13)4-6-9/h3-6,10H,2,7H2,1H3,(H,14,15)(H,16,17). The maximum absolute atomic E-state index is 11.7. The fourth-order valence-corrected chi connectivity index (χ4v) is 2.69. The summed E-state index contributed by atoms with van der Waals surface area (Å²) in [5.74, 6) is -1.98. The maximum atomic E-state index is 11.7. The Labute approximate surface area is 118 Å². The van der Waals surface area contributed by atoms with Gasteiger partial charge in [-0.2, -0.15) is 0 Å². The Morgan fingerprint density at radius 1 is 1.37 bits per heavy atom. The number of hydrogen-bond donors (Lipinski definition) is 2. The predicted molar refractivity (Wildman–Crippen MR) is 74.8 cm³/mol. The van der Waals surface area contributed by atoms with Gasteiger partial charge in [-0.1, -0.05) is 18.5 Å². The quantitative estimate of drug-likeness (QED) is 0.840. The molecule has 0 radical (unpaired) electrons. The van der Waals surface area contributed by atoms with Crippen LogP contribution in [0.5, 0.6) is 0 Å². The molecule has 2 unspecified atom stereocenters. The minimum atomic E-state index is -1.73. The number of carbonyl (C=O) groups is 2. The lowest BCUT2D eigenvalue weighted by Gasteiger charge is -2.10. The van der Waals surface area contributed by atoms with E-state index in [0.29, 0.717) is 10.7 Å². The van der Waals surface area contributed by atoms with E-state index in [2.05, 4.69) is 5.32 Å². The molecule has 0 bridgehead atoms. The number of nitrogens with one attached hydrogen (secondary N) is 1. The molecule has 5 nitrogen and oxygen atoms in total. The number of aliphatic carboxylic acids is 1. The molecule has 1 aromatic carbocycles. The molecular weight excluding hydrogens is 290 g/mol. The number of rotatable bonds is 6. The van der Waals surface area contributed by atoms with Crippen LogP contribution in [0.25, 0.3) is 0 Å². The number of carboxylic acids is 1. The monoisotopic (exact) mass is 303 g/mol. The molecule has 104 valence electrons. The second-order valence-corrected chi connectivity index (χ2v) is 5.87. The van der Waals surface area contributed by atoms with E-state index >= 15 is 0 Å². The van der Waals surface area contributed by atoms with Crippen LogP contribution >= 0.6 is 11.6 Å². The molecule has 7 heteroatoms. The highest BCUT2D eigenvalue weighted by Gasteiger charge is 2.24. The fourth-order valence-electron chi connectivity index (χ4n) is 1.43. The van der Waals surface area contributed by atoms with E-state index in [-0.39, 0.29) is 12.2 Å². The van der Waals surface area contributed by atoms with Crippen LogP contribution in [0.1, 0.15) is 13.3 Å². The third-order valence-corrected chi connectivity index (χ3v) is 4.33. The van der Waals surface area contributed by atoms with Crippen molar-refractivity contribution in [3.8, 4) is 0 Å². The molecule has 0 fully saturated rings. The van der Waals surface area contributed by atoms with Gasteiger partial charge in [-0.25, -0.2) is 0 Å². The van der Waals surface area contributed by atoms with Gasteiger partial charge in [0.15, 0.2) is 0 Å². The molecule has 2 atom stereocenters. The average Bonchev–Trinajstić information content (AvgIpc) is 2.32. The summed E-state index contributed by atoms with van der Waals surface area (Å²) in [7, 11) is -1.73. The molecule has 1 rings (SSSR count). The van der Waals surface area contributed by atoms with E-state index in [4.69, 9.17) is 16.7 Å². The third kappa shape index (κ3) is 5.00. The molecule has 0 saturated heterocycles. The first kappa shape index (κ1) is 15.7. The number of benzene rings is 1. The Hall–Kier alpha value is -1.40. The fraction of sp³-hybridized carbons (Fsp3) is 0.333. The Morgan fingerprint density at radius 2 is 1.95 bits per heavy atom. The van der Waals surface area contributed by atoms with Gasteiger partial charge in [0.25, 0.3) is 0 Å². The zero-order chi connectivity index (χ0) is 14.4. The number of halogens is 1. The van der Waals surface area contributed by atoms with Crippen LogP contribution in [0.2, 0.25) is 5.02 Å². The van der Waals surface area contributed by atoms with Crippen molar-refractivity contribution in [2.75, 3.05) is 11.1 Å². The van der Waals surface area contributed by atoms with Gasteiger partial charge in [0, 0.05) is 21.5 Å². The number of hydrogen-bond acceptors (Lipinski definition) is 3. The van der Waals surface area contributed by atoms with E-state index in [1.54, 1.807) is 31.2 Å². The molecule has 1 amide bonds. The van der Waals surface area contributed by atoms with Crippen molar-refractivity contribution >= 4 is 40.0 Å². The molecule has 0 aliphatic carbocycles. The Balaban J connectivity index is 2.58. The smallest absolute Gasteiger partial charge is 0.319 e. The molecule has 0 aromatic heterocycles. The van der Waals surface area contributed by atoms with Gasteiger partial charge < -0.3 is 10.4 Å². The highest BCUT2D eigenvalue weighted by molar-refractivity contribution is 7.87.